The summed E-state index contributed by atoms with van der Waals surface area (Å²) in [4.78, 5) is 4.80. The molecule has 3 unspecified atom stereocenters. The van der Waals surface area contributed by atoms with Crippen molar-refractivity contribution in [3.63, 3.8) is 0 Å². The van der Waals surface area contributed by atoms with Gasteiger partial charge in [-0.2, -0.15) is 0 Å². The molecule has 108 valence electrons. The average Bonchev–Trinajstić information content (AvgIpc) is 2.94. The summed E-state index contributed by atoms with van der Waals surface area (Å²) in [5.74, 6) is 0.613. The Morgan fingerprint density at radius 1 is 1.53 bits per heavy atom. The summed E-state index contributed by atoms with van der Waals surface area (Å²) in [5.41, 5.74) is 1.35. The Morgan fingerprint density at radius 3 is 2.74 bits per heavy atom. The topological polar surface area (TPSA) is 34.2 Å². The average molecular weight is 282 g/mol. The van der Waals surface area contributed by atoms with Gasteiger partial charge in [0.1, 0.15) is 0 Å². The summed E-state index contributed by atoms with van der Waals surface area (Å²) in [6, 6.07) is 0.476. The summed E-state index contributed by atoms with van der Waals surface area (Å²) in [5, 5.41) is 6.89. The lowest BCUT2D eigenvalue weighted by Gasteiger charge is -2.21. The van der Waals surface area contributed by atoms with Crippen molar-refractivity contribution in [1.29, 1.82) is 0 Å². The summed E-state index contributed by atoms with van der Waals surface area (Å²) in [6.45, 7) is 9.69. The lowest BCUT2D eigenvalue weighted by molar-refractivity contribution is 0.117. The van der Waals surface area contributed by atoms with Crippen LogP contribution in [-0.2, 0) is 16.6 Å². The minimum absolute atomic E-state index is 0.148. The predicted molar refractivity (Wildman–Crippen MR) is 80.9 cm³/mol. The minimum atomic E-state index is 0.148. The third kappa shape index (κ3) is 3.77. The van der Waals surface area contributed by atoms with Gasteiger partial charge in [0.05, 0.1) is 23.4 Å². The van der Waals surface area contributed by atoms with Crippen LogP contribution in [-0.4, -0.2) is 30.8 Å². The molecule has 1 aromatic rings. The fourth-order valence-electron chi connectivity index (χ4n) is 2.57. The lowest BCUT2D eigenvalue weighted by atomic mass is 9.93. The number of likely N-dealkylation sites (N-methyl/N-ethyl adjacent to an activating group) is 1. The summed E-state index contributed by atoms with van der Waals surface area (Å²) in [6.07, 6.45) is 2.57. The first-order valence-corrected chi connectivity index (χ1v) is 8.02. The largest absolute Gasteiger partial charge is 0.378 e. The highest BCUT2D eigenvalue weighted by Crippen LogP contribution is 2.27. The fraction of sp³-hybridized carbons (Fsp3) is 0.800. The number of nitrogens with one attached hydrogen (secondary N) is 1. The first-order chi connectivity index (χ1) is 8.90. The van der Waals surface area contributed by atoms with Crippen LogP contribution in [0.4, 0.5) is 0 Å². The van der Waals surface area contributed by atoms with Crippen molar-refractivity contribution in [2.45, 2.75) is 58.1 Å². The van der Waals surface area contributed by atoms with Crippen molar-refractivity contribution in [2.75, 3.05) is 13.7 Å². The number of nitrogens with zero attached hydrogens (tertiary/aromatic N) is 1. The predicted octanol–water partition coefficient (Wildman–Crippen LogP) is 3.00. The highest BCUT2D eigenvalue weighted by molar-refractivity contribution is 7.09. The fourth-order valence-corrected chi connectivity index (χ4v) is 3.65. The van der Waals surface area contributed by atoms with E-state index in [1.807, 2.05) is 7.05 Å². The van der Waals surface area contributed by atoms with Crippen LogP contribution in [0.1, 0.15) is 44.8 Å². The van der Waals surface area contributed by atoms with Gasteiger partial charge in [-0.3, -0.25) is 0 Å². The van der Waals surface area contributed by atoms with E-state index in [4.69, 9.17) is 9.72 Å². The minimum Gasteiger partial charge on any atom is -0.378 e. The van der Waals surface area contributed by atoms with E-state index in [0.29, 0.717) is 18.1 Å². The zero-order chi connectivity index (χ0) is 14.0. The molecule has 1 aliphatic rings. The number of rotatable bonds is 4. The zero-order valence-electron chi connectivity index (χ0n) is 12.7. The van der Waals surface area contributed by atoms with E-state index in [0.717, 1.165) is 19.4 Å². The van der Waals surface area contributed by atoms with Crippen molar-refractivity contribution in [2.24, 2.45) is 5.92 Å². The molecule has 0 aliphatic carbocycles. The van der Waals surface area contributed by atoms with Gasteiger partial charge in [0.2, 0.25) is 0 Å². The third-order valence-electron chi connectivity index (χ3n) is 3.88. The third-order valence-corrected chi connectivity index (χ3v) is 4.76. The molecule has 0 saturated carbocycles. The number of ether oxygens (including phenoxy) is 1. The molecule has 0 spiro atoms. The first-order valence-electron chi connectivity index (χ1n) is 7.14. The molecule has 4 heteroatoms. The van der Waals surface area contributed by atoms with Crippen LogP contribution in [0, 0.1) is 5.92 Å². The summed E-state index contributed by atoms with van der Waals surface area (Å²) >= 11 is 1.79. The molecule has 0 bridgehead atoms. The SMILES string of the molecule is CNC(Cc1nc(C(C)(C)C)cs1)C1COC(C)C1. The summed E-state index contributed by atoms with van der Waals surface area (Å²) in [7, 11) is 2.05. The van der Waals surface area contributed by atoms with Crippen molar-refractivity contribution >= 4 is 11.3 Å². The van der Waals surface area contributed by atoms with E-state index >= 15 is 0 Å². The van der Waals surface area contributed by atoms with E-state index in [2.05, 4.69) is 38.4 Å². The Bertz CT molecular complexity index is 411. The second kappa shape index (κ2) is 5.90. The van der Waals surface area contributed by atoms with E-state index in [9.17, 15) is 0 Å². The van der Waals surface area contributed by atoms with Crippen LogP contribution in [0.2, 0.25) is 0 Å². The number of hydrogen-bond donors (Lipinski definition) is 1. The Hall–Kier alpha value is -0.450. The molecular weight excluding hydrogens is 256 g/mol. The van der Waals surface area contributed by atoms with E-state index in [-0.39, 0.29) is 5.41 Å². The molecule has 3 nitrogen and oxygen atoms in total. The maximum Gasteiger partial charge on any atom is 0.0944 e. The molecule has 3 atom stereocenters. The Morgan fingerprint density at radius 2 is 2.26 bits per heavy atom. The zero-order valence-corrected chi connectivity index (χ0v) is 13.5. The van der Waals surface area contributed by atoms with Crippen molar-refractivity contribution in [3.8, 4) is 0 Å². The molecule has 1 saturated heterocycles. The molecule has 2 rings (SSSR count). The van der Waals surface area contributed by atoms with Gasteiger partial charge in [-0.1, -0.05) is 20.8 Å². The smallest absolute Gasteiger partial charge is 0.0944 e. The number of thiazole rings is 1. The quantitative estimate of drug-likeness (QED) is 0.922. The van der Waals surface area contributed by atoms with Gasteiger partial charge < -0.3 is 10.1 Å². The molecule has 19 heavy (non-hydrogen) atoms. The van der Waals surface area contributed by atoms with E-state index in [1.54, 1.807) is 11.3 Å². The van der Waals surface area contributed by atoms with Gasteiger partial charge in [0, 0.05) is 29.2 Å². The maximum atomic E-state index is 5.69. The van der Waals surface area contributed by atoms with E-state index < -0.39 is 0 Å². The number of hydrogen-bond acceptors (Lipinski definition) is 4. The van der Waals surface area contributed by atoms with E-state index in [1.165, 1.54) is 10.7 Å². The monoisotopic (exact) mass is 282 g/mol. The molecule has 1 fully saturated rings. The normalized spacial score (nSPS) is 25.7. The van der Waals surface area contributed by atoms with Crippen LogP contribution in [0.15, 0.2) is 5.38 Å². The highest BCUT2D eigenvalue weighted by atomic mass is 32.1. The van der Waals surface area contributed by atoms with Crippen LogP contribution in [0.25, 0.3) is 0 Å². The summed E-state index contributed by atoms with van der Waals surface area (Å²) < 4.78 is 5.69. The van der Waals surface area contributed by atoms with Crippen molar-refractivity contribution in [3.05, 3.63) is 16.1 Å². The van der Waals surface area contributed by atoms with Crippen molar-refractivity contribution < 1.29 is 4.74 Å². The van der Waals surface area contributed by atoms with Gasteiger partial charge in [-0.25, -0.2) is 4.98 Å². The van der Waals surface area contributed by atoms with Crippen LogP contribution in [0.5, 0.6) is 0 Å². The Kier molecular flexibility index (Phi) is 4.64. The molecule has 2 heterocycles. The second-order valence-corrected chi connectivity index (χ2v) is 7.56. The van der Waals surface area contributed by atoms with Gasteiger partial charge in [0.25, 0.3) is 0 Å². The first kappa shape index (κ1) is 14.9. The van der Waals surface area contributed by atoms with Crippen LogP contribution < -0.4 is 5.32 Å². The molecule has 0 amide bonds. The molecule has 1 aliphatic heterocycles. The van der Waals surface area contributed by atoms with Gasteiger partial charge >= 0.3 is 0 Å². The lowest BCUT2D eigenvalue weighted by Crippen LogP contribution is -2.36. The van der Waals surface area contributed by atoms with Crippen LogP contribution >= 0.6 is 11.3 Å². The van der Waals surface area contributed by atoms with Crippen LogP contribution in [0.3, 0.4) is 0 Å². The molecule has 1 aromatic heterocycles. The number of aromatic nitrogens is 1. The Labute approximate surface area is 120 Å². The standard InChI is InChI=1S/C15H26N2OS/c1-10-6-11(8-18-10)12(16-5)7-14-17-13(9-19-14)15(2,3)4/h9-12,16H,6-8H2,1-5H3. The highest BCUT2D eigenvalue weighted by Gasteiger charge is 2.29. The molecule has 0 radical (unpaired) electrons. The Balaban J connectivity index is 2.00. The molecule has 0 aromatic carbocycles. The van der Waals surface area contributed by atoms with Crippen molar-refractivity contribution in [1.82, 2.24) is 10.3 Å². The van der Waals surface area contributed by atoms with Gasteiger partial charge in [-0.15, -0.1) is 11.3 Å². The molecule has 1 N–H and O–H groups in total. The maximum absolute atomic E-state index is 5.69. The molecular formula is C15H26N2OS. The van der Waals surface area contributed by atoms with Gasteiger partial charge in [0.15, 0.2) is 0 Å². The second-order valence-electron chi connectivity index (χ2n) is 6.62. The van der Waals surface area contributed by atoms with Gasteiger partial charge in [-0.05, 0) is 20.4 Å².